The Morgan fingerprint density at radius 2 is 1.69 bits per heavy atom. The van der Waals surface area contributed by atoms with Gasteiger partial charge in [-0.15, -0.1) is 24.7 Å². The van der Waals surface area contributed by atoms with Crippen molar-refractivity contribution in [1.29, 1.82) is 0 Å². The van der Waals surface area contributed by atoms with E-state index in [0.29, 0.717) is 44.4 Å². The van der Waals surface area contributed by atoms with Gasteiger partial charge in [0, 0.05) is 54.8 Å². The number of Topliss-reactive ketones (excluding diaryl/α,β-unsaturated/α-hetero) is 1. The Balaban J connectivity index is 3.04. The van der Waals surface area contributed by atoms with E-state index in [9.17, 15) is 28.2 Å². The predicted molar refractivity (Wildman–Crippen MR) is 163 cm³/mol. The highest BCUT2D eigenvalue weighted by Gasteiger charge is 2.42. The largest absolute Gasteiger partial charge is 0.349 e. The standard InChI is InChI=1S/C30H47N5O6S/c1-8-11-13-18-31-27(38)24(36)22(16-12-9-2)33-26(37)23-17-14-19-35(23)28(39)25(30(4,5)6)34-29(40)32-21(15-10-3)20-42(7)41/h1-2,21-23,25H,10-20H2,3-7H3,(H,31,38)(H,33,37)(H2,32,34,40)/t21?,22?,23-,25?,42?/m0/s1. The minimum Gasteiger partial charge on any atom is -0.349 e. The van der Waals surface area contributed by atoms with E-state index < -0.39 is 63.9 Å². The third-order valence-electron chi connectivity index (χ3n) is 6.85. The van der Waals surface area contributed by atoms with Crippen LogP contribution in [0.2, 0.25) is 0 Å². The van der Waals surface area contributed by atoms with Crippen LogP contribution >= 0.6 is 0 Å². The number of terminal acetylenes is 2. The summed E-state index contributed by atoms with van der Waals surface area (Å²) >= 11 is 0. The average Bonchev–Trinajstić information content (AvgIpc) is 3.40. The summed E-state index contributed by atoms with van der Waals surface area (Å²) < 4.78 is 11.7. The summed E-state index contributed by atoms with van der Waals surface area (Å²) in [5, 5.41) is 10.7. The Labute approximate surface area is 252 Å². The molecular weight excluding hydrogens is 558 g/mol. The van der Waals surface area contributed by atoms with Crippen molar-refractivity contribution in [2.45, 2.75) is 103 Å². The topological polar surface area (TPSA) is 154 Å². The summed E-state index contributed by atoms with van der Waals surface area (Å²) in [6.07, 6.45) is 15.6. The minimum atomic E-state index is -1.15. The van der Waals surface area contributed by atoms with Crippen LogP contribution in [-0.4, -0.2) is 87.9 Å². The van der Waals surface area contributed by atoms with Crippen molar-refractivity contribution in [2.75, 3.05) is 25.1 Å². The van der Waals surface area contributed by atoms with Crippen LogP contribution in [-0.2, 0) is 30.0 Å². The van der Waals surface area contributed by atoms with Gasteiger partial charge in [-0.05, 0) is 37.5 Å². The Morgan fingerprint density at radius 1 is 1.02 bits per heavy atom. The number of carbonyl (C=O) groups excluding carboxylic acids is 5. The third-order valence-corrected chi connectivity index (χ3v) is 7.72. The quantitative estimate of drug-likeness (QED) is 0.118. The van der Waals surface area contributed by atoms with Gasteiger partial charge < -0.3 is 26.2 Å². The number of nitrogens with zero attached hydrogens (tertiary/aromatic N) is 1. The summed E-state index contributed by atoms with van der Waals surface area (Å²) in [6.45, 7) is 7.90. The lowest BCUT2D eigenvalue weighted by atomic mass is 9.85. The number of likely N-dealkylation sites (tertiary alicyclic amines) is 1. The van der Waals surface area contributed by atoms with Crippen molar-refractivity contribution in [1.82, 2.24) is 26.2 Å². The van der Waals surface area contributed by atoms with Crippen molar-refractivity contribution in [3.8, 4) is 24.7 Å². The van der Waals surface area contributed by atoms with Gasteiger partial charge in [0.25, 0.3) is 5.91 Å². The molecule has 1 saturated heterocycles. The summed E-state index contributed by atoms with van der Waals surface area (Å²) in [6, 6.07) is -3.87. The highest BCUT2D eigenvalue weighted by atomic mass is 32.2. The Hall–Kier alpha value is -3.38. The van der Waals surface area contributed by atoms with Gasteiger partial charge in [0.05, 0.1) is 6.04 Å². The molecule has 1 aliphatic heterocycles. The van der Waals surface area contributed by atoms with Crippen molar-refractivity contribution < 1.29 is 28.2 Å². The van der Waals surface area contributed by atoms with Gasteiger partial charge in [-0.25, -0.2) is 4.79 Å². The average molecular weight is 606 g/mol. The summed E-state index contributed by atoms with van der Waals surface area (Å²) in [5.41, 5.74) is -0.700. The van der Waals surface area contributed by atoms with Crippen molar-refractivity contribution in [3.63, 3.8) is 0 Å². The number of hydrogen-bond acceptors (Lipinski definition) is 6. The summed E-state index contributed by atoms with van der Waals surface area (Å²) in [5.74, 6) is 2.50. The number of urea groups is 1. The molecule has 11 nitrogen and oxygen atoms in total. The van der Waals surface area contributed by atoms with Crippen LogP contribution in [0.5, 0.6) is 0 Å². The smallest absolute Gasteiger partial charge is 0.315 e. The Morgan fingerprint density at radius 3 is 2.26 bits per heavy atom. The molecule has 0 spiro atoms. The summed E-state index contributed by atoms with van der Waals surface area (Å²) in [4.78, 5) is 66.8. The molecule has 5 amide bonds. The number of unbranched alkanes of at least 4 members (excludes halogenated alkanes) is 1. The van der Waals surface area contributed by atoms with Crippen molar-refractivity contribution >= 4 is 40.3 Å². The van der Waals surface area contributed by atoms with E-state index in [2.05, 4.69) is 33.1 Å². The number of rotatable bonds is 16. The minimum absolute atomic E-state index is 0.0628. The van der Waals surface area contributed by atoms with Gasteiger partial charge in [-0.1, -0.05) is 34.1 Å². The molecule has 0 aromatic heterocycles. The number of amides is 5. The second kappa shape index (κ2) is 18.2. The first-order valence-corrected chi connectivity index (χ1v) is 16.2. The number of nitrogens with one attached hydrogen (secondary N) is 4. The highest BCUT2D eigenvalue weighted by molar-refractivity contribution is 7.84. The van der Waals surface area contributed by atoms with Gasteiger partial charge in [-0.2, -0.15) is 0 Å². The molecule has 1 rings (SSSR count). The van der Waals surface area contributed by atoms with E-state index in [1.54, 1.807) is 6.26 Å². The summed E-state index contributed by atoms with van der Waals surface area (Å²) in [7, 11) is -1.11. The predicted octanol–water partition coefficient (Wildman–Crippen LogP) is 1.24. The van der Waals surface area contributed by atoms with Crippen LogP contribution in [0.4, 0.5) is 4.79 Å². The van der Waals surface area contributed by atoms with Crippen LogP contribution in [0.1, 0.15) is 79.1 Å². The molecule has 0 aromatic carbocycles. The normalized spacial score (nSPS) is 17.5. The van der Waals surface area contributed by atoms with E-state index in [-0.39, 0.29) is 25.4 Å². The molecule has 1 heterocycles. The van der Waals surface area contributed by atoms with Crippen molar-refractivity contribution in [2.24, 2.45) is 5.41 Å². The second-order valence-corrected chi connectivity index (χ2v) is 13.0. The van der Waals surface area contributed by atoms with Crippen LogP contribution in [0.25, 0.3) is 0 Å². The van der Waals surface area contributed by atoms with Gasteiger partial charge in [0.1, 0.15) is 12.1 Å². The Bertz CT molecular complexity index is 1070. The molecule has 1 aliphatic rings. The molecule has 5 atom stereocenters. The van der Waals surface area contributed by atoms with E-state index in [1.165, 1.54) is 4.90 Å². The molecular formula is C30H47N5O6S. The third kappa shape index (κ3) is 12.2. The van der Waals surface area contributed by atoms with Crippen LogP contribution < -0.4 is 21.3 Å². The van der Waals surface area contributed by atoms with Crippen LogP contribution in [0.15, 0.2) is 0 Å². The molecule has 0 saturated carbocycles. The van der Waals surface area contributed by atoms with E-state index >= 15 is 0 Å². The fourth-order valence-electron chi connectivity index (χ4n) is 4.71. The molecule has 1 fully saturated rings. The van der Waals surface area contributed by atoms with Gasteiger partial charge in [0.2, 0.25) is 17.6 Å². The molecule has 0 aliphatic carbocycles. The fourth-order valence-corrected chi connectivity index (χ4v) is 5.52. The molecule has 0 aromatic rings. The molecule has 4 unspecified atom stereocenters. The molecule has 12 heteroatoms. The maximum absolute atomic E-state index is 13.8. The lowest BCUT2D eigenvalue weighted by Crippen LogP contribution is -2.60. The van der Waals surface area contributed by atoms with E-state index in [1.807, 2.05) is 27.7 Å². The van der Waals surface area contributed by atoms with E-state index in [4.69, 9.17) is 12.8 Å². The molecule has 0 radical (unpaired) electrons. The first-order valence-electron chi connectivity index (χ1n) is 14.4. The fraction of sp³-hybridized carbons (Fsp3) is 0.700. The van der Waals surface area contributed by atoms with E-state index in [0.717, 1.165) is 6.42 Å². The van der Waals surface area contributed by atoms with Gasteiger partial charge >= 0.3 is 6.03 Å². The molecule has 0 bridgehead atoms. The van der Waals surface area contributed by atoms with Crippen LogP contribution in [0.3, 0.4) is 0 Å². The monoisotopic (exact) mass is 605 g/mol. The van der Waals surface area contributed by atoms with Crippen molar-refractivity contribution in [3.05, 3.63) is 0 Å². The van der Waals surface area contributed by atoms with Gasteiger partial charge in [-0.3, -0.25) is 23.4 Å². The first kappa shape index (κ1) is 36.6. The van der Waals surface area contributed by atoms with Crippen LogP contribution in [0, 0.1) is 30.1 Å². The zero-order valence-corrected chi connectivity index (χ0v) is 26.4. The molecule has 234 valence electrons. The lowest BCUT2D eigenvalue weighted by Gasteiger charge is -2.36. The SMILES string of the molecule is C#CCCCNC(=O)C(=O)C(CCC#C)NC(=O)[C@@H]1CCCN1C(=O)C(NC(=O)NC(CCC)CS(C)=O)C(C)(C)C. The first-order chi connectivity index (χ1) is 19.8. The lowest BCUT2D eigenvalue weighted by molar-refractivity contribution is -0.143. The number of ketones is 1. The maximum atomic E-state index is 13.8. The Kier molecular flexibility index (Phi) is 15.9. The second-order valence-electron chi connectivity index (χ2n) is 11.6. The number of hydrogen-bond donors (Lipinski definition) is 4. The van der Waals surface area contributed by atoms with Gasteiger partial charge in [0.15, 0.2) is 0 Å². The molecule has 42 heavy (non-hydrogen) atoms. The zero-order chi connectivity index (χ0) is 31.9. The molecule has 4 N–H and O–H groups in total. The maximum Gasteiger partial charge on any atom is 0.315 e. The zero-order valence-electron chi connectivity index (χ0n) is 25.5. The highest BCUT2D eigenvalue weighted by Crippen LogP contribution is 2.26. The number of carbonyl (C=O) groups is 5.